The lowest BCUT2D eigenvalue weighted by molar-refractivity contribution is 0.0956. The molecule has 1 amide bonds. The second-order valence-electron chi connectivity index (χ2n) is 4.25. The van der Waals surface area contributed by atoms with E-state index >= 15 is 0 Å². The SMILES string of the molecule is COCC(Br)CCNC(=O)c1cc2ccccc2s1. The van der Waals surface area contributed by atoms with Crippen LogP contribution in [0.4, 0.5) is 0 Å². The summed E-state index contributed by atoms with van der Waals surface area (Å²) in [4.78, 5) is 13.0. The van der Waals surface area contributed by atoms with E-state index in [-0.39, 0.29) is 10.7 Å². The molecule has 2 aromatic rings. The number of carbonyl (C=O) groups excluding carboxylic acids is 1. The second-order valence-corrected chi connectivity index (χ2v) is 6.62. The zero-order chi connectivity index (χ0) is 13.7. The maximum absolute atomic E-state index is 12.0. The minimum Gasteiger partial charge on any atom is -0.384 e. The van der Waals surface area contributed by atoms with Gasteiger partial charge < -0.3 is 10.1 Å². The third-order valence-corrected chi connectivity index (χ3v) is 4.58. The molecule has 0 radical (unpaired) electrons. The molecular weight excluding hydrogens is 326 g/mol. The zero-order valence-electron chi connectivity index (χ0n) is 10.7. The quantitative estimate of drug-likeness (QED) is 0.817. The molecule has 1 unspecified atom stereocenters. The average molecular weight is 342 g/mol. The number of nitrogens with one attached hydrogen (secondary N) is 1. The van der Waals surface area contributed by atoms with E-state index in [0.29, 0.717) is 13.2 Å². The van der Waals surface area contributed by atoms with Crippen molar-refractivity contribution in [2.75, 3.05) is 20.3 Å². The van der Waals surface area contributed by atoms with Crippen LogP contribution < -0.4 is 5.32 Å². The normalized spacial score (nSPS) is 12.5. The van der Waals surface area contributed by atoms with Gasteiger partial charge >= 0.3 is 0 Å². The van der Waals surface area contributed by atoms with Gasteiger partial charge in [-0.25, -0.2) is 0 Å². The number of rotatable bonds is 6. The molecule has 102 valence electrons. The van der Waals surface area contributed by atoms with Crippen molar-refractivity contribution < 1.29 is 9.53 Å². The molecule has 1 N–H and O–H groups in total. The summed E-state index contributed by atoms with van der Waals surface area (Å²) in [6.45, 7) is 1.30. The Morgan fingerprint density at radius 2 is 2.26 bits per heavy atom. The molecular formula is C14H16BrNO2S. The number of alkyl halides is 1. The Bertz CT molecular complexity index is 522. The highest BCUT2D eigenvalue weighted by Crippen LogP contribution is 2.25. The first kappa shape index (κ1) is 14.5. The van der Waals surface area contributed by atoms with E-state index in [2.05, 4.69) is 21.2 Å². The Morgan fingerprint density at radius 1 is 1.47 bits per heavy atom. The summed E-state index contributed by atoms with van der Waals surface area (Å²) in [6.07, 6.45) is 0.852. The van der Waals surface area contributed by atoms with E-state index in [1.807, 2.05) is 30.3 Å². The Labute approximate surface area is 125 Å². The first-order valence-corrected chi connectivity index (χ1v) is 7.83. The highest BCUT2D eigenvalue weighted by atomic mass is 79.9. The van der Waals surface area contributed by atoms with Crippen LogP contribution in [0.2, 0.25) is 0 Å². The lowest BCUT2D eigenvalue weighted by Crippen LogP contribution is -2.26. The molecule has 19 heavy (non-hydrogen) atoms. The summed E-state index contributed by atoms with van der Waals surface area (Å²) >= 11 is 5.02. The summed E-state index contributed by atoms with van der Waals surface area (Å²) in [5.74, 6) is -0.00156. The fourth-order valence-electron chi connectivity index (χ4n) is 1.79. The number of amides is 1. The molecule has 3 nitrogen and oxygen atoms in total. The number of halogens is 1. The van der Waals surface area contributed by atoms with Gasteiger partial charge in [0.05, 0.1) is 11.5 Å². The summed E-state index contributed by atoms with van der Waals surface area (Å²) < 4.78 is 6.17. The van der Waals surface area contributed by atoms with Crippen LogP contribution in [0.5, 0.6) is 0 Å². The van der Waals surface area contributed by atoms with Gasteiger partial charge in [-0.2, -0.15) is 0 Å². The predicted octanol–water partition coefficient (Wildman–Crippen LogP) is 3.43. The topological polar surface area (TPSA) is 38.3 Å². The van der Waals surface area contributed by atoms with Gasteiger partial charge in [0.15, 0.2) is 0 Å². The Balaban J connectivity index is 1.89. The molecule has 0 fully saturated rings. The second kappa shape index (κ2) is 7.03. The molecule has 2 rings (SSSR count). The standard InChI is InChI=1S/C14H16BrNO2S/c1-18-9-11(15)6-7-16-14(17)13-8-10-4-2-3-5-12(10)19-13/h2-5,8,11H,6-7,9H2,1H3,(H,16,17). The number of hydrogen-bond acceptors (Lipinski definition) is 3. The molecule has 0 saturated heterocycles. The predicted molar refractivity (Wildman–Crippen MR) is 83.4 cm³/mol. The lowest BCUT2D eigenvalue weighted by atomic mass is 10.2. The molecule has 0 bridgehead atoms. The molecule has 5 heteroatoms. The summed E-state index contributed by atoms with van der Waals surface area (Å²) in [5, 5.41) is 4.06. The van der Waals surface area contributed by atoms with Crippen molar-refractivity contribution in [3.8, 4) is 0 Å². The largest absolute Gasteiger partial charge is 0.384 e. The van der Waals surface area contributed by atoms with Crippen molar-refractivity contribution in [3.05, 3.63) is 35.2 Å². The number of thiophene rings is 1. The Hall–Kier alpha value is -0.910. The van der Waals surface area contributed by atoms with Gasteiger partial charge in [0.1, 0.15) is 0 Å². The van der Waals surface area contributed by atoms with Gasteiger partial charge in [0, 0.05) is 23.2 Å². The summed E-state index contributed by atoms with van der Waals surface area (Å²) in [6, 6.07) is 9.97. The number of methoxy groups -OCH3 is 1. The van der Waals surface area contributed by atoms with Crippen LogP contribution in [0.25, 0.3) is 10.1 Å². The van der Waals surface area contributed by atoms with Crippen molar-refractivity contribution in [1.29, 1.82) is 0 Å². The number of hydrogen-bond donors (Lipinski definition) is 1. The van der Waals surface area contributed by atoms with Crippen LogP contribution in [0, 0.1) is 0 Å². The number of benzene rings is 1. The minimum absolute atomic E-state index is 0.00156. The summed E-state index contributed by atoms with van der Waals surface area (Å²) in [5.41, 5.74) is 0. The number of ether oxygens (including phenoxy) is 1. The van der Waals surface area contributed by atoms with Gasteiger partial charge in [-0.05, 0) is 23.9 Å². The van der Waals surface area contributed by atoms with Crippen LogP contribution in [0.3, 0.4) is 0 Å². The van der Waals surface area contributed by atoms with E-state index in [0.717, 1.165) is 21.4 Å². The number of fused-ring (bicyclic) bond motifs is 1. The third kappa shape index (κ3) is 4.03. The highest BCUT2D eigenvalue weighted by molar-refractivity contribution is 9.09. The van der Waals surface area contributed by atoms with E-state index in [1.54, 1.807) is 7.11 Å². The van der Waals surface area contributed by atoms with Crippen LogP contribution in [-0.4, -0.2) is 31.0 Å². The van der Waals surface area contributed by atoms with E-state index in [1.165, 1.54) is 11.3 Å². The Kier molecular flexibility index (Phi) is 5.36. The Morgan fingerprint density at radius 3 is 3.00 bits per heavy atom. The van der Waals surface area contributed by atoms with Crippen molar-refractivity contribution in [1.82, 2.24) is 5.32 Å². The summed E-state index contributed by atoms with van der Waals surface area (Å²) in [7, 11) is 1.67. The van der Waals surface area contributed by atoms with Gasteiger partial charge in [0.25, 0.3) is 5.91 Å². The van der Waals surface area contributed by atoms with Gasteiger partial charge in [0.2, 0.25) is 0 Å². The molecule has 0 aliphatic carbocycles. The molecule has 1 aromatic heterocycles. The maximum atomic E-state index is 12.0. The average Bonchev–Trinajstić information content (AvgIpc) is 2.82. The fourth-order valence-corrected chi connectivity index (χ4v) is 3.26. The van der Waals surface area contributed by atoms with Crippen molar-refractivity contribution >= 4 is 43.3 Å². The van der Waals surface area contributed by atoms with Crippen molar-refractivity contribution in [2.45, 2.75) is 11.2 Å². The molecule has 1 atom stereocenters. The van der Waals surface area contributed by atoms with Gasteiger partial charge in [-0.3, -0.25) is 4.79 Å². The van der Waals surface area contributed by atoms with Crippen LogP contribution in [0.15, 0.2) is 30.3 Å². The highest BCUT2D eigenvalue weighted by Gasteiger charge is 2.10. The molecule has 0 aliphatic heterocycles. The smallest absolute Gasteiger partial charge is 0.261 e. The van der Waals surface area contributed by atoms with E-state index in [4.69, 9.17) is 4.74 Å². The van der Waals surface area contributed by atoms with Gasteiger partial charge in [-0.1, -0.05) is 34.1 Å². The van der Waals surface area contributed by atoms with Crippen molar-refractivity contribution in [2.24, 2.45) is 0 Å². The molecule has 0 aliphatic rings. The van der Waals surface area contributed by atoms with Crippen LogP contribution >= 0.6 is 27.3 Å². The molecule has 0 saturated carbocycles. The molecule has 0 spiro atoms. The van der Waals surface area contributed by atoms with Crippen LogP contribution in [-0.2, 0) is 4.74 Å². The minimum atomic E-state index is -0.00156. The fraction of sp³-hybridized carbons (Fsp3) is 0.357. The van der Waals surface area contributed by atoms with Crippen LogP contribution in [0.1, 0.15) is 16.1 Å². The number of carbonyl (C=O) groups is 1. The van der Waals surface area contributed by atoms with Gasteiger partial charge in [-0.15, -0.1) is 11.3 Å². The zero-order valence-corrected chi connectivity index (χ0v) is 13.1. The monoisotopic (exact) mass is 341 g/mol. The third-order valence-electron chi connectivity index (χ3n) is 2.74. The van der Waals surface area contributed by atoms with Crippen molar-refractivity contribution in [3.63, 3.8) is 0 Å². The van der Waals surface area contributed by atoms with E-state index < -0.39 is 0 Å². The van der Waals surface area contributed by atoms with E-state index in [9.17, 15) is 4.79 Å². The maximum Gasteiger partial charge on any atom is 0.261 e. The molecule has 1 heterocycles. The first-order valence-electron chi connectivity index (χ1n) is 6.10. The first-order chi connectivity index (χ1) is 9.20. The lowest BCUT2D eigenvalue weighted by Gasteiger charge is -2.08. The molecule has 1 aromatic carbocycles.